The maximum atomic E-state index is 12.7. The molecular formula is C14H12F3NO. The van der Waals surface area contributed by atoms with Gasteiger partial charge in [-0.1, -0.05) is 0 Å². The van der Waals surface area contributed by atoms with E-state index in [4.69, 9.17) is 0 Å². The number of hydrogen-bond donors (Lipinski definition) is 1. The number of aryl methyl sites for hydroxylation is 1. The largest absolute Gasteiger partial charge is 0.507 e. The lowest BCUT2D eigenvalue weighted by Crippen LogP contribution is -2.05. The van der Waals surface area contributed by atoms with Gasteiger partial charge in [-0.25, -0.2) is 0 Å². The molecule has 1 aromatic carbocycles. The fourth-order valence-electron chi connectivity index (χ4n) is 1.83. The van der Waals surface area contributed by atoms with Crippen molar-refractivity contribution in [2.45, 2.75) is 20.0 Å². The zero-order chi connectivity index (χ0) is 14.2. The van der Waals surface area contributed by atoms with Crippen LogP contribution in [0.2, 0.25) is 0 Å². The van der Waals surface area contributed by atoms with E-state index in [0.717, 1.165) is 23.3 Å². The summed E-state index contributed by atoms with van der Waals surface area (Å²) < 4.78 is 38.2. The number of phenols is 1. The van der Waals surface area contributed by atoms with Crippen molar-refractivity contribution in [2.75, 3.05) is 0 Å². The van der Waals surface area contributed by atoms with Crippen molar-refractivity contribution in [1.82, 2.24) is 4.98 Å². The average molecular weight is 267 g/mol. The van der Waals surface area contributed by atoms with Crippen molar-refractivity contribution in [1.29, 1.82) is 0 Å². The van der Waals surface area contributed by atoms with Gasteiger partial charge in [0.2, 0.25) is 0 Å². The third-order valence-corrected chi connectivity index (χ3v) is 3.05. The molecule has 1 aromatic heterocycles. The average Bonchev–Trinajstić information content (AvgIpc) is 2.32. The van der Waals surface area contributed by atoms with Crippen molar-refractivity contribution in [2.24, 2.45) is 0 Å². The third kappa shape index (κ3) is 2.54. The van der Waals surface area contributed by atoms with E-state index in [-0.39, 0.29) is 0 Å². The Bertz CT molecular complexity index is 621. The Morgan fingerprint density at radius 1 is 1.11 bits per heavy atom. The van der Waals surface area contributed by atoms with Gasteiger partial charge >= 0.3 is 6.18 Å². The van der Waals surface area contributed by atoms with Gasteiger partial charge in [-0.3, -0.25) is 4.98 Å². The number of alkyl halides is 3. The highest BCUT2D eigenvalue weighted by atomic mass is 19.4. The van der Waals surface area contributed by atoms with E-state index in [2.05, 4.69) is 4.98 Å². The first kappa shape index (κ1) is 13.4. The van der Waals surface area contributed by atoms with Gasteiger partial charge in [-0.05, 0) is 49.2 Å². The second-order valence-electron chi connectivity index (χ2n) is 4.33. The van der Waals surface area contributed by atoms with Crippen LogP contribution in [0.25, 0.3) is 11.3 Å². The van der Waals surface area contributed by atoms with Crippen molar-refractivity contribution in [3.05, 3.63) is 47.2 Å². The number of benzene rings is 1. The van der Waals surface area contributed by atoms with E-state index in [1.807, 2.05) is 6.92 Å². The molecule has 0 radical (unpaired) electrons. The molecule has 0 amide bonds. The maximum absolute atomic E-state index is 12.7. The SMILES string of the molecule is Cc1ccnc(-c2ccc(O)c(C(F)(F)F)c2)c1C. The maximum Gasteiger partial charge on any atom is 0.419 e. The van der Waals surface area contributed by atoms with Gasteiger partial charge < -0.3 is 5.11 Å². The van der Waals surface area contributed by atoms with Crippen LogP contribution in [-0.4, -0.2) is 10.1 Å². The predicted molar refractivity (Wildman–Crippen MR) is 65.8 cm³/mol. The molecule has 0 aliphatic heterocycles. The molecule has 1 N–H and O–H groups in total. The normalized spacial score (nSPS) is 11.6. The number of phenolic OH excluding ortho intramolecular Hbond substituents is 1. The van der Waals surface area contributed by atoms with E-state index < -0.39 is 17.5 Å². The molecule has 19 heavy (non-hydrogen) atoms. The van der Waals surface area contributed by atoms with Gasteiger partial charge in [-0.2, -0.15) is 13.2 Å². The van der Waals surface area contributed by atoms with Crippen LogP contribution < -0.4 is 0 Å². The Morgan fingerprint density at radius 3 is 2.42 bits per heavy atom. The molecule has 2 aromatic rings. The minimum absolute atomic E-state index is 0.339. The molecule has 0 aliphatic carbocycles. The summed E-state index contributed by atoms with van der Waals surface area (Å²) in [5.41, 5.74) is 1.55. The lowest BCUT2D eigenvalue weighted by Gasteiger charge is -2.12. The van der Waals surface area contributed by atoms with E-state index >= 15 is 0 Å². The summed E-state index contributed by atoms with van der Waals surface area (Å²) in [6.45, 7) is 3.67. The smallest absolute Gasteiger partial charge is 0.419 e. The first-order valence-electron chi connectivity index (χ1n) is 5.63. The molecule has 1 heterocycles. The highest BCUT2D eigenvalue weighted by molar-refractivity contribution is 5.66. The molecule has 0 atom stereocenters. The lowest BCUT2D eigenvalue weighted by molar-refractivity contribution is -0.138. The van der Waals surface area contributed by atoms with Gasteiger partial charge in [0.25, 0.3) is 0 Å². The number of aromatic nitrogens is 1. The molecule has 0 saturated heterocycles. The monoisotopic (exact) mass is 267 g/mol. The first-order chi connectivity index (χ1) is 8.80. The molecule has 0 aliphatic rings. The Balaban J connectivity index is 2.62. The number of rotatable bonds is 1. The predicted octanol–water partition coefficient (Wildman–Crippen LogP) is 4.09. The van der Waals surface area contributed by atoms with Gasteiger partial charge in [0.1, 0.15) is 5.75 Å². The molecular weight excluding hydrogens is 255 g/mol. The molecule has 0 saturated carbocycles. The molecule has 0 fully saturated rings. The number of nitrogens with zero attached hydrogens (tertiary/aromatic N) is 1. The Labute approximate surface area is 108 Å². The van der Waals surface area contributed by atoms with Crippen LogP contribution in [-0.2, 0) is 6.18 Å². The van der Waals surface area contributed by atoms with Crippen LogP contribution >= 0.6 is 0 Å². The third-order valence-electron chi connectivity index (χ3n) is 3.05. The summed E-state index contributed by atoms with van der Waals surface area (Å²) in [5.74, 6) is -0.776. The Morgan fingerprint density at radius 2 is 1.79 bits per heavy atom. The van der Waals surface area contributed by atoms with Crippen LogP contribution in [0.3, 0.4) is 0 Å². The van der Waals surface area contributed by atoms with E-state index in [1.54, 1.807) is 19.2 Å². The van der Waals surface area contributed by atoms with Crippen LogP contribution in [0, 0.1) is 13.8 Å². The number of halogens is 3. The van der Waals surface area contributed by atoms with Crippen LogP contribution in [0.1, 0.15) is 16.7 Å². The zero-order valence-corrected chi connectivity index (χ0v) is 10.4. The minimum atomic E-state index is -4.59. The van der Waals surface area contributed by atoms with Crippen LogP contribution in [0.5, 0.6) is 5.75 Å². The fourth-order valence-corrected chi connectivity index (χ4v) is 1.83. The first-order valence-corrected chi connectivity index (χ1v) is 5.63. The quantitative estimate of drug-likeness (QED) is 0.844. The van der Waals surface area contributed by atoms with Crippen molar-refractivity contribution < 1.29 is 18.3 Å². The highest BCUT2D eigenvalue weighted by Gasteiger charge is 2.34. The zero-order valence-electron chi connectivity index (χ0n) is 10.4. The topological polar surface area (TPSA) is 33.1 Å². The second-order valence-corrected chi connectivity index (χ2v) is 4.33. The van der Waals surface area contributed by atoms with E-state index in [9.17, 15) is 18.3 Å². The second kappa shape index (κ2) is 4.57. The molecule has 2 nitrogen and oxygen atoms in total. The van der Waals surface area contributed by atoms with E-state index in [0.29, 0.717) is 11.3 Å². The van der Waals surface area contributed by atoms with Gasteiger partial charge in [-0.15, -0.1) is 0 Å². The fraction of sp³-hybridized carbons (Fsp3) is 0.214. The molecule has 5 heteroatoms. The molecule has 0 bridgehead atoms. The van der Waals surface area contributed by atoms with Crippen molar-refractivity contribution in [3.63, 3.8) is 0 Å². The van der Waals surface area contributed by atoms with Gasteiger partial charge in [0.05, 0.1) is 11.3 Å². The highest BCUT2D eigenvalue weighted by Crippen LogP contribution is 2.38. The number of aromatic hydroxyl groups is 1. The van der Waals surface area contributed by atoms with E-state index in [1.165, 1.54) is 6.07 Å². The number of hydrogen-bond acceptors (Lipinski definition) is 2. The van der Waals surface area contributed by atoms with Crippen molar-refractivity contribution >= 4 is 0 Å². The van der Waals surface area contributed by atoms with Crippen LogP contribution in [0.15, 0.2) is 30.5 Å². The summed E-state index contributed by atoms with van der Waals surface area (Å²) in [6, 6.07) is 5.19. The lowest BCUT2D eigenvalue weighted by atomic mass is 10.0. The Hall–Kier alpha value is -2.04. The molecule has 100 valence electrons. The summed E-state index contributed by atoms with van der Waals surface area (Å²) in [7, 11) is 0. The summed E-state index contributed by atoms with van der Waals surface area (Å²) in [6.07, 6.45) is -3.03. The standard InChI is InChI=1S/C14H12F3NO/c1-8-5-6-18-13(9(8)2)10-3-4-12(19)11(7-10)14(15,16)17/h3-7,19H,1-2H3. The Kier molecular flexibility index (Phi) is 3.22. The van der Waals surface area contributed by atoms with Gasteiger partial charge in [0, 0.05) is 11.8 Å². The summed E-state index contributed by atoms with van der Waals surface area (Å²) >= 11 is 0. The van der Waals surface area contributed by atoms with Crippen molar-refractivity contribution in [3.8, 4) is 17.0 Å². The van der Waals surface area contributed by atoms with Gasteiger partial charge in [0.15, 0.2) is 0 Å². The summed E-state index contributed by atoms with van der Waals surface area (Å²) in [5, 5.41) is 9.30. The number of pyridine rings is 1. The minimum Gasteiger partial charge on any atom is -0.507 e. The molecule has 2 rings (SSSR count). The molecule has 0 spiro atoms. The van der Waals surface area contributed by atoms with Crippen LogP contribution in [0.4, 0.5) is 13.2 Å². The molecule has 0 unspecified atom stereocenters. The summed E-state index contributed by atoms with van der Waals surface area (Å²) in [4.78, 5) is 4.11.